The van der Waals surface area contributed by atoms with E-state index in [0.717, 1.165) is 42.3 Å². The fourth-order valence-electron chi connectivity index (χ4n) is 2.18. The summed E-state index contributed by atoms with van der Waals surface area (Å²) in [6.45, 7) is 1.97. The van der Waals surface area contributed by atoms with Gasteiger partial charge in [0.2, 0.25) is 0 Å². The van der Waals surface area contributed by atoms with Gasteiger partial charge < -0.3 is 10.1 Å². The zero-order valence-electron chi connectivity index (χ0n) is 12.0. The van der Waals surface area contributed by atoms with E-state index in [1.165, 1.54) is 6.33 Å². The minimum Gasteiger partial charge on any atom is -0.496 e. The Kier molecular flexibility index (Phi) is 4.35. The van der Waals surface area contributed by atoms with Gasteiger partial charge in [0, 0.05) is 22.2 Å². The van der Waals surface area contributed by atoms with E-state index in [4.69, 9.17) is 16.3 Å². The van der Waals surface area contributed by atoms with Crippen molar-refractivity contribution in [2.75, 3.05) is 12.4 Å². The third-order valence-corrected chi connectivity index (χ3v) is 4.68. The predicted molar refractivity (Wildman–Crippen MR) is 98.3 cm³/mol. The number of nitrogens with one attached hydrogen (secondary N) is 1. The normalized spacial score (nSPS) is 10.7. The lowest BCUT2D eigenvalue weighted by Gasteiger charge is -2.12. The fraction of sp³-hybridized carbons (Fsp3) is 0.125. The molecule has 0 aliphatic carbocycles. The Labute approximate surface area is 147 Å². The highest BCUT2D eigenvalue weighted by molar-refractivity contribution is 14.1. The summed E-state index contributed by atoms with van der Waals surface area (Å²) in [7, 11) is 1.65. The molecule has 3 rings (SSSR count). The first-order chi connectivity index (χ1) is 10.6. The van der Waals surface area contributed by atoms with E-state index < -0.39 is 0 Å². The molecule has 112 valence electrons. The molecule has 0 saturated heterocycles. The van der Waals surface area contributed by atoms with Crippen LogP contribution in [0.5, 0.6) is 5.75 Å². The van der Waals surface area contributed by atoms with Gasteiger partial charge in [-0.3, -0.25) is 0 Å². The third kappa shape index (κ3) is 2.83. The molecular weight excluding hydrogens is 413 g/mol. The molecule has 0 unspecified atom stereocenters. The fourth-order valence-corrected chi connectivity index (χ4v) is 3.05. The van der Waals surface area contributed by atoms with Gasteiger partial charge in [0.1, 0.15) is 17.9 Å². The van der Waals surface area contributed by atoms with Crippen LogP contribution >= 0.6 is 34.2 Å². The van der Waals surface area contributed by atoms with Crippen LogP contribution in [0.1, 0.15) is 5.56 Å². The van der Waals surface area contributed by atoms with Crippen LogP contribution in [0.15, 0.2) is 36.7 Å². The van der Waals surface area contributed by atoms with Crippen molar-refractivity contribution in [2.24, 2.45) is 0 Å². The Hall–Kier alpha value is -1.60. The number of anilines is 2. The number of hydrogen-bond acceptors (Lipinski definition) is 4. The zero-order valence-corrected chi connectivity index (χ0v) is 14.9. The van der Waals surface area contributed by atoms with E-state index in [1.54, 1.807) is 7.11 Å². The average Bonchev–Trinajstić information content (AvgIpc) is 2.52. The summed E-state index contributed by atoms with van der Waals surface area (Å²) in [5.41, 5.74) is 2.74. The topological polar surface area (TPSA) is 47.0 Å². The van der Waals surface area contributed by atoms with Gasteiger partial charge in [-0.2, -0.15) is 0 Å². The maximum Gasteiger partial charge on any atom is 0.141 e. The van der Waals surface area contributed by atoms with Crippen molar-refractivity contribution in [2.45, 2.75) is 6.92 Å². The number of hydrogen-bond donors (Lipinski definition) is 1. The molecule has 0 spiro atoms. The standard InChI is InChI=1S/C16H13ClIN3O/c1-9-11(17)4-3-5-13(9)21-16-10-6-12(18)15(22-2)7-14(10)19-8-20-16/h3-8H,1-2H3,(H,19,20,21). The molecule has 0 saturated carbocycles. The molecule has 0 bridgehead atoms. The second-order valence-corrected chi connectivity index (χ2v) is 6.33. The molecule has 1 heterocycles. The first-order valence-corrected chi connectivity index (χ1v) is 8.06. The average molecular weight is 426 g/mol. The summed E-state index contributed by atoms with van der Waals surface area (Å²) >= 11 is 8.41. The van der Waals surface area contributed by atoms with E-state index in [0.29, 0.717) is 0 Å². The highest BCUT2D eigenvalue weighted by Crippen LogP contribution is 2.32. The molecule has 1 N–H and O–H groups in total. The van der Waals surface area contributed by atoms with Crippen LogP contribution in [0, 0.1) is 10.5 Å². The second-order valence-electron chi connectivity index (χ2n) is 4.76. The van der Waals surface area contributed by atoms with Crippen molar-refractivity contribution in [3.8, 4) is 5.75 Å². The zero-order chi connectivity index (χ0) is 15.7. The van der Waals surface area contributed by atoms with Gasteiger partial charge >= 0.3 is 0 Å². The maximum absolute atomic E-state index is 6.17. The largest absolute Gasteiger partial charge is 0.496 e. The molecule has 0 atom stereocenters. The quantitative estimate of drug-likeness (QED) is 0.603. The molecule has 1 aromatic heterocycles. The van der Waals surface area contributed by atoms with E-state index in [1.807, 2.05) is 37.3 Å². The summed E-state index contributed by atoms with van der Waals surface area (Å²) in [4.78, 5) is 8.67. The molecule has 4 nitrogen and oxygen atoms in total. The van der Waals surface area contributed by atoms with Gasteiger partial charge in [0.05, 0.1) is 16.2 Å². The van der Waals surface area contributed by atoms with E-state index in [9.17, 15) is 0 Å². The molecule has 0 aliphatic rings. The van der Waals surface area contributed by atoms with Gasteiger partial charge in [-0.1, -0.05) is 17.7 Å². The first kappa shape index (κ1) is 15.3. The van der Waals surface area contributed by atoms with Gasteiger partial charge in [-0.15, -0.1) is 0 Å². The Morgan fingerprint density at radius 3 is 2.82 bits per heavy atom. The van der Waals surface area contributed by atoms with Crippen LogP contribution < -0.4 is 10.1 Å². The van der Waals surface area contributed by atoms with E-state index >= 15 is 0 Å². The molecule has 0 amide bonds. The van der Waals surface area contributed by atoms with Crippen molar-refractivity contribution in [1.82, 2.24) is 9.97 Å². The van der Waals surface area contributed by atoms with E-state index in [2.05, 4.69) is 37.9 Å². The van der Waals surface area contributed by atoms with Crippen molar-refractivity contribution < 1.29 is 4.74 Å². The summed E-state index contributed by atoms with van der Waals surface area (Å²) in [5, 5.41) is 5.00. The molecule has 3 aromatic rings. The molecule has 0 fully saturated rings. The van der Waals surface area contributed by atoms with Crippen LogP contribution in [0.25, 0.3) is 10.9 Å². The number of fused-ring (bicyclic) bond motifs is 1. The number of halogens is 2. The summed E-state index contributed by atoms with van der Waals surface area (Å²) < 4.78 is 6.35. The van der Waals surface area contributed by atoms with Crippen LogP contribution in [0.2, 0.25) is 5.02 Å². The van der Waals surface area contributed by atoms with Gasteiger partial charge in [-0.25, -0.2) is 9.97 Å². The predicted octanol–water partition coefficient (Wildman–Crippen LogP) is 4.95. The number of ether oxygens (including phenoxy) is 1. The monoisotopic (exact) mass is 425 g/mol. The van der Waals surface area contributed by atoms with E-state index in [-0.39, 0.29) is 0 Å². The molecule has 2 aromatic carbocycles. The van der Waals surface area contributed by atoms with Gasteiger partial charge in [-0.05, 0) is 53.3 Å². The third-order valence-electron chi connectivity index (χ3n) is 3.43. The molecule has 6 heteroatoms. The smallest absolute Gasteiger partial charge is 0.141 e. The first-order valence-electron chi connectivity index (χ1n) is 6.60. The number of benzene rings is 2. The Bertz CT molecular complexity index is 854. The number of rotatable bonds is 3. The highest BCUT2D eigenvalue weighted by atomic mass is 127. The lowest BCUT2D eigenvalue weighted by Crippen LogP contribution is -1.99. The van der Waals surface area contributed by atoms with Crippen molar-refractivity contribution >= 4 is 56.6 Å². The number of aromatic nitrogens is 2. The number of methoxy groups -OCH3 is 1. The second kappa shape index (κ2) is 6.26. The molecule has 0 aliphatic heterocycles. The minimum atomic E-state index is 0.722. The summed E-state index contributed by atoms with van der Waals surface area (Å²) in [6.07, 6.45) is 1.54. The van der Waals surface area contributed by atoms with Crippen LogP contribution in [-0.4, -0.2) is 17.1 Å². The highest BCUT2D eigenvalue weighted by Gasteiger charge is 2.10. The summed E-state index contributed by atoms with van der Waals surface area (Å²) in [6, 6.07) is 9.68. The minimum absolute atomic E-state index is 0.722. The lowest BCUT2D eigenvalue weighted by atomic mass is 10.2. The van der Waals surface area contributed by atoms with Crippen LogP contribution in [0.3, 0.4) is 0 Å². The Morgan fingerprint density at radius 1 is 1.23 bits per heavy atom. The summed E-state index contributed by atoms with van der Waals surface area (Å²) in [5.74, 6) is 1.55. The molecule has 0 radical (unpaired) electrons. The maximum atomic E-state index is 6.17. The van der Waals surface area contributed by atoms with Gasteiger partial charge in [0.25, 0.3) is 0 Å². The SMILES string of the molecule is COc1cc2ncnc(Nc3cccc(Cl)c3C)c2cc1I. The molecular formula is C16H13ClIN3O. The Morgan fingerprint density at radius 2 is 2.05 bits per heavy atom. The van der Waals surface area contributed by atoms with Crippen molar-refractivity contribution in [1.29, 1.82) is 0 Å². The number of nitrogens with zero attached hydrogens (tertiary/aromatic N) is 2. The van der Waals surface area contributed by atoms with Gasteiger partial charge in [0.15, 0.2) is 0 Å². The lowest BCUT2D eigenvalue weighted by molar-refractivity contribution is 0.412. The molecule has 22 heavy (non-hydrogen) atoms. The van der Waals surface area contributed by atoms with Crippen molar-refractivity contribution in [3.05, 3.63) is 50.8 Å². The Balaban J connectivity index is 2.11. The van der Waals surface area contributed by atoms with Crippen molar-refractivity contribution in [3.63, 3.8) is 0 Å². The van der Waals surface area contributed by atoms with Crippen LogP contribution in [-0.2, 0) is 0 Å². The van der Waals surface area contributed by atoms with Crippen LogP contribution in [0.4, 0.5) is 11.5 Å².